The summed E-state index contributed by atoms with van der Waals surface area (Å²) < 4.78 is 10.3. The lowest BCUT2D eigenvalue weighted by Crippen LogP contribution is -1.93. The maximum atomic E-state index is 5.52. The number of nitrogens with one attached hydrogen (secondary N) is 1. The van der Waals surface area contributed by atoms with Gasteiger partial charge in [0.05, 0.1) is 32.3 Å². The molecule has 0 saturated carbocycles. The van der Waals surface area contributed by atoms with Gasteiger partial charge in [-0.25, -0.2) is 9.97 Å². The van der Waals surface area contributed by atoms with Gasteiger partial charge in [-0.05, 0) is 0 Å². The molecule has 0 aliphatic rings. The third-order valence-corrected chi connectivity index (χ3v) is 2.16. The number of aromatic nitrogens is 3. The van der Waals surface area contributed by atoms with E-state index in [0.717, 1.165) is 11.3 Å². The molecule has 3 N–H and O–H groups in total. The number of ether oxygens (including phenoxy) is 2. The summed E-state index contributed by atoms with van der Waals surface area (Å²) in [6.07, 6.45) is 3.22. The van der Waals surface area contributed by atoms with Gasteiger partial charge in [0.15, 0.2) is 5.95 Å². The van der Waals surface area contributed by atoms with E-state index in [-0.39, 0.29) is 0 Å². The Morgan fingerprint density at radius 1 is 1.19 bits per heavy atom. The molecule has 0 aliphatic carbocycles. The molecular weight excluding hydrogens is 208 g/mol. The second-order valence-electron chi connectivity index (χ2n) is 3.11. The first-order valence-electron chi connectivity index (χ1n) is 4.63. The van der Waals surface area contributed by atoms with Gasteiger partial charge in [-0.1, -0.05) is 0 Å². The molecule has 0 amide bonds. The van der Waals surface area contributed by atoms with E-state index >= 15 is 0 Å². The normalized spacial score (nSPS) is 10.1. The minimum absolute atomic E-state index is 0.354. The third kappa shape index (κ3) is 1.77. The number of imidazole rings is 1. The molecule has 0 aliphatic heterocycles. The predicted octanol–water partition coefficient (Wildman–Crippen LogP) is 1.07. The van der Waals surface area contributed by atoms with Crippen molar-refractivity contribution in [3.05, 3.63) is 18.5 Å². The standard InChI is InChI=1S/C10H12N4O2/c1-15-8-5-12-9(16-2)3-6(8)7-4-13-10(11)14-7/h3-5H,1-2H3,(H3,11,13,14). The molecule has 16 heavy (non-hydrogen) atoms. The summed E-state index contributed by atoms with van der Waals surface area (Å²) in [5.41, 5.74) is 7.09. The molecule has 0 saturated heterocycles. The summed E-state index contributed by atoms with van der Waals surface area (Å²) in [4.78, 5) is 10.9. The number of methoxy groups -OCH3 is 2. The van der Waals surface area contributed by atoms with Gasteiger partial charge in [0.25, 0.3) is 0 Å². The van der Waals surface area contributed by atoms with Crippen molar-refractivity contribution in [2.45, 2.75) is 0 Å². The quantitative estimate of drug-likeness (QED) is 0.808. The van der Waals surface area contributed by atoms with Gasteiger partial charge < -0.3 is 20.2 Å². The second-order valence-corrected chi connectivity index (χ2v) is 3.11. The van der Waals surface area contributed by atoms with Crippen LogP contribution in [0.2, 0.25) is 0 Å². The summed E-state index contributed by atoms with van der Waals surface area (Å²) >= 11 is 0. The number of hydrogen-bond donors (Lipinski definition) is 2. The third-order valence-electron chi connectivity index (χ3n) is 2.16. The fourth-order valence-corrected chi connectivity index (χ4v) is 1.38. The van der Waals surface area contributed by atoms with Crippen molar-refractivity contribution in [3.63, 3.8) is 0 Å². The molecule has 0 atom stereocenters. The van der Waals surface area contributed by atoms with E-state index < -0.39 is 0 Å². The van der Waals surface area contributed by atoms with Crippen LogP contribution in [0.25, 0.3) is 11.3 Å². The van der Waals surface area contributed by atoms with Crippen molar-refractivity contribution >= 4 is 5.95 Å². The van der Waals surface area contributed by atoms with Crippen LogP contribution in [0.3, 0.4) is 0 Å². The van der Waals surface area contributed by atoms with Gasteiger partial charge in [-0.15, -0.1) is 0 Å². The van der Waals surface area contributed by atoms with Crippen LogP contribution in [-0.4, -0.2) is 29.2 Å². The molecule has 6 heteroatoms. The first-order chi connectivity index (χ1) is 7.74. The van der Waals surface area contributed by atoms with Crippen LogP contribution in [0.4, 0.5) is 5.95 Å². The van der Waals surface area contributed by atoms with Crippen molar-refractivity contribution in [1.29, 1.82) is 0 Å². The highest BCUT2D eigenvalue weighted by Crippen LogP contribution is 2.30. The minimum atomic E-state index is 0.354. The number of pyridine rings is 1. The van der Waals surface area contributed by atoms with Crippen LogP contribution >= 0.6 is 0 Å². The summed E-state index contributed by atoms with van der Waals surface area (Å²) in [7, 11) is 3.13. The van der Waals surface area contributed by atoms with E-state index in [0.29, 0.717) is 17.6 Å². The van der Waals surface area contributed by atoms with Crippen molar-refractivity contribution in [2.75, 3.05) is 20.0 Å². The molecule has 2 rings (SSSR count). The molecule has 0 spiro atoms. The van der Waals surface area contributed by atoms with E-state index in [9.17, 15) is 0 Å². The van der Waals surface area contributed by atoms with E-state index in [4.69, 9.17) is 15.2 Å². The molecule has 6 nitrogen and oxygen atoms in total. The summed E-state index contributed by atoms with van der Waals surface area (Å²) in [6, 6.07) is 1.76. The number of aromatic amines is 1. The first-order valence-corrected chi connectivity index (χ1v) is 4.63. The topological polar surface area (TPSA) is 86.0 Å². The Labute approximate surface area is 92.4 Å². The fraction of sp³-hybridized carbons (Fsp3) is 0.200. The highest BCUT2D eigenvalue weighted by Gasteiger charge is 2.10. The van der Waals surface area contributed by atoms with E-state index in [1.165, 1.54) is 0 Å². The lowest BCUT2D eigenvalue weighted by atomic mass is 10.2. The summed E-state index contributed by atoms with van der Waals surface area (Å²) in [6.45, 7) is 0. The Hall–Kier alpha value is -2.24. The molecule has 0 bridgehead atoms. The molecule has 0 radical (unpaired) electrons. The molecule has 2 aromatic rings. The first kappa shape index (κ1) is 10.3. The zero-order chi connectivity index (χ0) is 11.5. The molecule has 2 aromatic heterocycles. The number of nitrogens with two attached hydrogens (primary N) is 1. The average Bonchev–Trinajstić information content (AvgIpc) is 2.75. The van der Waals surface area contributed by atoms with Crippen LogP contribution in [0.5, 0.6) is 11.6 Å². The maximum absolute atomic E-state index is 5.52. The van der Waals surface area contributed by atoms with Gasteiger partial charge in [0, 0.05) is 11.6 Å². The Morgan fingerprint density at radius 3 is 2.56 bits per heavy atom. The Bertz CT molecular complexity index is 495. The number of H-pyrrole nitrogens is 1. The van der Waals surface area contributed by atoms with E-state index in [1.807, 2.05) is 0 Å². The number of nitrogens with zero attached hydrogens (tertiary/aromatic N) is 2. The monoisotopic (exact) mass is 220 g/mol. The van der Waals surface area contributed by atoms with Gasteiger partial charge in [0.1, 0.15) is 5.75 Å². The number of rotatable bonds is 3. The Morgan fingerprint density at radius 2 is 2.00 bits per heavy atom. The van der Waals surface area contributed by atoms with Crippen LogP contribution in [0, 0.1) is 0 Å². The number of anilines is 1. The largest absolute Gasteiger partial charge is 0.494 e. The van der Waals surface area contributed by atoms with Gasteiger partial charge in [0.2, 0.25) is 5.88 Å². The smallest absolute Gasteiger partial charge is 0.213 e. The molecule has 0 fully saturated rings. The van der Waals surface area contributed by atoms with Crippen LogP contribution in [0.1, 0.15) is 0 Å². The Kier molecular flexibility index (Phi) is 2.63. The second kappa shape index (κ2) is 4.09. The molecular formula is C10H12N4O2. The fourth-order valence-electron chi connectivity index (χ4n) is 1.38. The van der Waals surface area contributed by atoms with Crippen molar-refractivity contribution < 1.29 is 9.47 Å². The number of hydrogen-bond acceptors (Lipinski definition) is 5. The molecule has 0 aromatic carbocycles. The lowest BCUT2D eigenvalue weighted by Gasteiger charge is -2.07. The molecule has 84 valence electrons. The van der Waals surface area contributed by atoms with Crippen molar-refractivity contribution in [1.82, 2.24) is 15.0 Å². The SMILES string of the molecule is COc1cc(-c2cnc(N)[nH]2)c(OC)cn1. The van der Waals surface area contributed by atoms with Crippen LogP contribution in [-0.2, 0) is 0 Å². The number of nitrogen functional groups attached to an aromatic ring is 1. The summed E-state index contributed by atoms with van der Waals surface area (Å²) in [5.74, 6) is 1.49. The van der Waals surface area contributed by atoms with Gasteiger partial charge >= 0.3 is 0 Å². The zero-order valence-corrected chi connectivity index (χ0v) is 9.02. The maximum Gasteiger partial charge on any atom is 0.213 e. The van der Waals surface area contributed by atoms with Gasteiger partial charge in [-0.2, -0.15) is 0 Å². The predicted molar refractivity (Wildman–Crippen MR) is 59.3 cm³/mol. The minimum Gasteiger partial charge on any atom is -0.494 e. The molecule has 0 unspecified atom stereocenters. The highest BCUT2D eigenvalue weighted by atomic mass is 16.5. The van der Waals surface area contributed by atoms with Crippen molar-refractivity contribution in [2.24, 2.45) is 0 Å². The van der Waals surface area contributed by atoms with E-state index in [2.05, 4.69) is 15.0 Å². The lowest BCUT2D eigenvalue weighted by molar-refractivity contribution is 0.388. The molecule has 2 heterocycles. The van der Waals surface area contributed by atoms with Crippen LogP contribution < -0.4 is 15.2 Å². The van der Waals surface area contributed by atoms with Gasteiger partial charge in [-0.3, -0.25) is 0 Å². The van der Waals surface area contributed by atoms with E-state index in [1.54, 1.807) is 32.7 Å². The summed E-state index contributed by atoms with van der Waals surface area (Å²) in [5, 5.41) is 0. The highest BCUT2D eigenvalue weighted by molar-refractivity contribution is 5.68. The van der Waals surface area contributed by atoms with Crippen molar-refractivity contribution in [3.8, 4) is 22.9 Å². The Balaban J connectivity index is 2.52. The zero-order valence-electron chi connectivity index (χ0n) is 9.02. The van der Waals surface area contributed by atoms with Crippen LogP contribution in [0.15, 0.2) is 18.5 Å². The average molecular weight is 220 g/mol.